The second-order valence-corrected chi connectivity index (χ2v) is 4.06. The van der Waals surface area contributed by atoms with E-state index in [1.165, 1.54) is 0 Å². The predicted molar refractivity (Wildman–Crippen MR) is 68.7 cm³/mol. The Morgan fingerprint density at radius 2 is 1.94 bits per heavy atom. The minimum atomic E-state index is 0.332. The van der Waals surface area contributed by atoms with Crippen LogP contribution in [0.5, 0.6) is 5.88 Å². The summed E-state index contributed by atoms with van der Waals surface area (Å²) < 4.78 is 5.31. The molecule has 1 aromatic heterocycles. The molecule has 2 aromatic rings. The van der Waals surface area contributed by atoms with E-state index in [4.69, 9.17) is 27.9 Å². The Labute approximate surface area is 109 Å². The molecule has 3 nitrogen and oxygen atoms in total. The number of aromatic nitrogens is 2. The Kier molecular flexibility index (Phi) is 3.82. The topological polar surface area (TPSA) is 35.0 Å². The van der Waals surface area contributed by atoms with Crippen LogP contribution in [0.1, 0.15) is 6.92 Å². The van der Waals surface area contributed by atoms with E-state index in [1.54, 1.807) is 12.1 Å². The Bertz CT molecular complexity index is 532. The molecule has 17 heavy (non-hydrogen) atoms. The Morgan fingerprint density at radius 3 is 2.65 bits per heavy atom. The van der Waals surface area contributed by atoms with E-state index in [0.717, 1.165) is 5.56 Å². The molecule has 0 unspecified atom stereocenters. The third-order valence-electron chi connectivity index (χ3n) is 2.08. The number of ether oxygens (including phenoxy) is 1. The summed E-state index contributed by atoms with van der Waals surface area (Å²) in [4.78, 5) is 8.39. The van der Waals surface area contributed by atoms with Crippen LogP contribution in [0, 0.1) is 0 Å². The maximum absolute atomic E-state index is 6.08. The molecule has 2 rings (SSSR count). The van der Waals surface area contributed by atoms with E-state index in [9.17, 15) is 0 Å². The van der Waals surface area contributed by atoms with Crippen molar-refractivity contribution in [2.45, 2.75) is 6.92 Å². The van der Waals surface area contributed by atoms with Crippen molar-refractivity contribution in [1.29, 1.82) is 0 Å². The average Bonchev–Trinajstić information content (AvgIpc) is 2.29. The van der Waals surface area contributed by atoms with Crippen molar-refractivity contribution in [2.75, 3.05) is 6.61 Å². The van der Waals surface area contributed by atoms with E-state index in [0.29, 0.717) is 28.5 Å². The molecule has 0 spiro atoms. The minimum Gasteiger partial charge on any atom is -0.478 e. The van der Waals surface area contributed by atoms with Gasteiger partial charge in [-0.3, -0.25) is 0 Å². The summed E-state index contributed by atoms with van der Waals surface area (Å²) in [6.07, 6.45) is 0. The highest BCUT2D eigenvalue weighted by atomic mass is 35.5. The summed E-state index contributed by atoms with van der Waals surface area (Å²) in [5.41, 5.74) is 0.734. The lowest BCUT2D eigenvalue weighted by atomic mass is 10.2. The van der Waals surface area contributed by atoms with Gasteiger partial charge in [0.05, 0.1) is 11.6 Å². The van der Waals surface area contributed by atoms with Gasteiger partial charge in [-0.2, -0.15) is 4.98 Å². The summed E-state index contributed by atoms with van der Waals surface area (Å²) in [5, 5.41) is 0.913. The van der Waals surface area contributed by atoms with E-state index >= 15 is 0 Å². The van der Waals surface area contributed by atoms with Gasteiger partial charge < -0.3 is 4.74 Å². The van der Waals surface area contributed by atoms with Crippen LogP contribution in [0.3, 0.4) is 0 Å². The van der Waals surface area contributed by atoms with Crippen LogP contribution in [-0.4, -0.2) is 16.6 Å². The van der Waals surface area contributed by atoms with E-state index in [2.05, 4.69) is 9.97 Å². The van der Waals surface area contributed by atoms with Crippen molar-refractivity contribution >= 4 is 23.2 Å². The van der Waals surface area contributed by atoms with Gasteiger partial charge in [-0.15, -0.1) is 0 Å². The molecule has 0 saturated carbocycles. The molecule has 1 heterocycles. The third kappa shape index (κ3) is 2.87. The molecule has 0 aliphatic rings. The van der Waals surface area contributed by atoms with Crippen molar-refractivity contribution < 1.29 is 4.74 Å². The lowest BCUT2D eigenvalue weighted by Crippen LogP contribution is -1.98. The normalized spacial score (nSPS) is 10.3. The van der Waals surface area contributed by atoms with Gasteiger partial charge in [0.2, 0.25) is 5.88 Å². The molecule has 0 fully saturated rings. The number of rotatable bonds is 3. The third-order valence-corrected chi connectivity index (χ3v) is 2.60. The average molecular weight is 269 g/mol. The fraction of sp³-hybridized carbons (Fsp3) is 0.167. The fourth-order valence-corrected chi connectivity index (χ4v) is 1.78. The zero-order chi connectivity index (χ0) is 12.3. The van der Waals surface area contributed by atoms with Gasteiger partial charge in [-0.05, 0) is 19.1 Å². The first kappa shape index (κ1) is 12.1. The molecule has 0 bridgehead atoms. The van der Waals surface area contributed by atoms with Crippen molar-refractivity contribution in [3.05, 3.63) is 40.5 Å². The molecule has 0 atom stereocenters. The molecule has 0 amide bonds. The summed E-state index contributed by atoms with van der Waals surface area (Å²) >= 11 is 12.0. The first-order valence-electron chi connectivity index (χ1n) is 5.13. The van der Waals surface area contributed by atoms with Crippen LogP contribution < -0.4 is 4.74 Å². The Hall–Kier alpha value is -1.32. The van der Waals surface area contributed by atoms with Gasteiger partial charge >= 0.3 is 0 Å². The number of hydrogen-bond acceptors (Lipinski definition) is 3. The monoisotopic (exact) mass is 268 g/mol. The molecule has 0 N–H and O–H groups in total. The molecule has 0 saturated heterocycles. The molecule has 1 aromatic carbocycles. The summed E-state index contributed by atoms with van der Waals surface area (Å²) in [7, 11) is 0. The molecule has 88 valence electrons. The second-order valence-electron chi connectivity index (χ2n) is 3.27. The lowest BCUT2D eigenvalue weighted by molar-refractivity contribution is 0.326. The fourth-order valence-electron chi connectivity index (χ4n) is 1.38. The van der Waals surface area contributed by atoms with E-state index < -0.39 is 0 Å². The van der Waals surface area contributed by atoms with Crippen LogP contribution in [0.4, 0.5) is 0 Å². The maximum atomic E-state index is 6.08. The molecule has 0 aliphatic carbocycles. The highest BCUT2D eigenvalue weighted by Gasteiger charge is 2.09. The number of halogens is 2. The zero-order valence-corrected chi connectivity index (χ0v) is 10.7. The highest BCUT2D eigenvalue weighted by Crippen LogP contribution is 2.27. The van der Waals surface area contributed by atoms with Gasteiger partial charge in [0.25, 0.3) is 0 Å². The summed E-state index contributed by atoms with van der Waals surface area (Å²) in [6, 6.07) is 8.91. The quantitative estimate of drug-likeness (QED) is 0.794. The molecular weight excluding hydrogens is 259 g/mol. The molecule has 0 aliphatic heterocycles. The van der Waals surface area contributed by atoms with Crippen LogP contribution in [0.15, 0.2) is 30.3 Å². The van der Waals surface area contributed by atoms with Gasteiger partial charge in [0.15, 0.2) is 5.82 Å². The van der Waals surface area contributed by atoms with Crippen molar-refractivity contribution in [1.82, 2.24) is 9.97 Å². The Balaban J connectivity index is 2.48. The predicted octanol–water partition coefficient (Wildman–Crippen LogP) is 3.85. The van der Waals surface area contributed by atoms with Gasteiger partial charge in [0, 0.05) is 11.6 Å². The second kappa shape index (κ2) is 5.34. The first-order valence-corrected chi connectivity index (χ1v) is 5.88. The Morgan fingerprint density at radius 1 is 1.18 bits per heavy atom. The molecule has 5 heteroatoms. The standard InChI is InChI=1S/C12H10Cl2N2O/c1-2-17-11-7-10(14)15-12(16-11)8-5-3-4-6-9(8)13/h3-7H,2H2,1H3. The summed E-state index contributed by atoms with van der Waals surface area (Å²) in [6.45, 7) is 2.40. The largest absolute Gasteiger partial charge is 0.478 e. The number of hydrogen-bond donors (Lipinski definition) is 0. The molecule has 0 radical (unpaired) electrons. The smallest absolute Gasteiger partial charge is 0.218 e. The highest BCUT2D eigenvalue weighted by molar-refractivity contribution is 6.33. The zero-order valence-electron chi connectivity index (χ0n) is 9.15. The first-order chi connectivity index (χ1) is 8.20. The van der Waals surface area contributed by atoms with Crippen LogP contribution in [0.2, 0.25) is 10.2 Å². The van der Waals surface area contributed by atoms with Gasteiger partial charge in [0.1, 0.15) is 5.15 Å². The van der Waals surface area contributed by atoms with Gasteiger partial charge in [-0.25, -0.2) is 4.98 Å². The SMILES string of the molecule is CCOc1cc(Cl)nc(-c2ccccc2Cl)n1. The number of benzene rings is 1. The summed E-state index contributed by atoms with van der Waals surface area (Å²) in [5.74, 6) is 0.911. The number of nitrogens with zero attached hydrogens (tertiary/aromatic N) is 2. The van der Waals surface area contributed by atoms with Crippen molar-refractivity contribution in [2.24, 2.45) is 0 Å². The van der Waals surface area contributed by atoms with Gasteiger partial charge in [-0.1, -0.05) is 35.3 Å². The van der Waals surface area contributed by atoms with E-state index in [1.807, 2.05) is 25.1 Å². The van der Waals surface area contributed by atoms with Crippen molar-refractivity contribution in [3.63, 3.8) is 0 Å². The van der Waals surface area contributed by atoms with Crippen LogP contribution in [0.25, 0.3) is 11.4 Å². The van der Waals surface area contributed by atoms with Crippen LogP contribution >= 0.6 is 23.2 Å². The molecular formula is C12H10Cl2N2O. The van der Waals surface area contributed by atoms with E-state index in [-0.39, 0.29) is 0 Å². The lowest BCUT2D eigenvalue weighted by Gasteiger charge is -2.06. The van der Waals surface area contributed by atoms with Crippen molar-refractivity contribution in [3.8, 4) is 17.3 Å². The minimum absolute atomic E-state index is 0.332. The maximum Gasteiger partial charge on any atom is 0.218 e. The van der Waals surface area contributed by atoms with Crippen LogP contribution in [-0.2, 0) is 0 Å².